The third-order valence-corrected chi connectivity index (χ3v) is 4.03. The number of aromatic nitrogens is 1. The number of para-hydroxylation sites is 1. The van der Waals surface area contributed by atoms with Gasteiger partial charge in [0, 0.05) is 29.7 Å². The van der Waals surface area contributed by atoms with E-state index in [4.69, 9.17) is 0 Å². The van der Waals surface area contributed by atoms with Gasteiger partial charge in [-0.15, -0.1) is 0 Å². The number of fused-ring (bicyclic) bond motifs is 1. The van der Waals surface area contributed by atoms with E-state index < -0.39 is 0 Å². The molecule has 1 aromatic heterocycles. The Morgan fingerprint density at radius 1 is 1.05 bits per heavy atom. The summed E-state index contributed by atoms with van der Waals surface area (Å²) >= 11 is 0. The van der Waals surface area contributed by atoms with Gasteiger partial charge in [0.1, 0.15) is 0 Å². The SMILES string of the molecule is Cn1cc(C(C)(C)CCNC(C)(C)C)c2ccccc21. The van der Waals surface area contributed by atoms with Crippen molar-refractivity contribution in [2.75, 3.05) is 6.54 Å². The summed E-state index contributed by atoms with van der Waals surface area (Å²) in [6, 6.07) is 8.68. The van der Waals surface area contributed by atoms with Gasteiger partial charge in [-0.1, -0.05) is 32.0 Å². The van der Waals surface area contributed by atoms with Gasteiger partial charge in [0.2, 0.25) is 0 Å². The molecule has 2 nitrogen and oxygen atoms in total. The van der Waals surface area contributed by atoms with Crippen LogP contribution in [0.5, 0.6) is 0 Å². The number of rotatable bonds is 4. The highest BCUT2D eigenvalue weighted by atomic mass is 14.9. The van der Waals surface area contributed by atoms with Gasteiger partial charge >= 0.3 is 0 Å². The Kier molecular flexibility index (Phi) is 3.97. The Morgan fingerprint density at radius 2 is 1.70 bits per heavy atom. The third kappa shape index (κ3) is 3.24. The van der Waals surface area contributed by atoms with E-state index in [2.05, 4.69) is 82.0 Å². The van der Waals surface area contributed by atoms with Crippen molar-refractivity contribution >= 4 is 10.9 Å². The van der Waals surface area contributed by atoms with Gasteiger partial charge in [-0.25, -0.2) is 0 Å². The first-order valence-electron chi connectivity index (χ1n) is 7.50. The lowest BCUT2D eigenvalue weighted by Gasteiger charge is -2.28. The minimum absolute atomic E-state index is 0.180. The normalized spacial score (nSPS) is 13.1. The second-order valence-electron chi connectivity index (χ2n) is 7.48. The van der Waals surface area contributed by atoms with Crippen LogP contribution in [0.2, 0.25) is 0 Å². The number of hydrogen-bond donors (Lipinski definition) is 1. The monoisotopic (exact) mass is 272 g/mol. The van der Waals surface area contributed by atoms with Crippen LogP contribution in [0.1, 0.15) is 46.6 Å². The summed E-state index contributed by atoms with van der Waals surface area (Å²) in [5.41, 5.74) is 3.14. The topological polar surface area (TPSA) is 17.0 Å². The predicted molar refractivity (Wildman–Crippen MR) is 88.3 cm³/mol. The van der Waals surface area contributed by atoms with Crippen LogP contribution >= 0.6 is 0 Å². The van der Waals surface area contributed by atoms with Crippen LogP contribution in [0, 0.1) is 0 Å². The molecule has 0 saturated carbocycles. The van der Waals surface area contributed by atoms with Crippen molar-refractivity contribution in [3.63, 3.8) is 0 Å². The van der Waals surface area contributed by atoms with E-state index >= 15 is 0 Å². The molecule has 2 aromatic rings. The van der Waals surface area contributed by atoms with Crippen molar-refractivity contribution in [3.8, 4) is 0 Å². The molecular weight excluding hydrogens is 244 g/mol. The molecule has 0 amide bonds. The summed E-state index contributed by atoms with van der Waals surface area (Å²) in [6.07, 6.45) is 3.43. The maximum atomic E-state index is 3.60. The van der Waals surface area contributed by atoms with E-state index in [1.54, 1.807) is 0 Å². The molecule has 2 heteroatoms. The summed E-state index contributed by atoms with van der Waals surface area (Å²) < 4.78 is 2.24. The molecule has 0 aliphatic carbocycles. The van der Waals surface area contributed by atoms with Gasteiger partial charge in [-0.3, -0.25) is 0 Å². The van der Waals surface area contributed by atoms with E-state index in [0.29, 0.717) is 0 Å². The molecule has 0 radical (unpaired) electrons. The van der Waals surface area contributed by atoms with Crippen LogP contribution in [0.25, 0.3) is 10.9 Å². The summed E-state index contributed by atoms with van der Waals surface area (Å²) in [5, 5.41) is 4.98. The van der Waals surface area contributed by atoms with E-state index in [1.807, 2.05) is 0 Å². The van der Waals surface area contributed by atoms with Gasteiger partial charge < -0.3 is 9.88 Å². The molecule has 0 atom stereocenters. The van der Waals surface area contributed by atoms with Gasteiger partial charge in [-0.2, -0.15) is 0 Å². The maximum Gasteiger partial charge on any atom is 0.0480 e. The minimum atomic E-state index is 0.180. The standard InChI is InChI=1S/C18H28N2/c1-17(2,3)19-12-11-18(4,5)15-13-20(6)16-10-8-7-9-14(15)16/h7-10,13,19H,11-12H2,1-6H3. The number of hydrogen-bond acceptors (Lipinski definition) is 1. The van der Waals surface area contributed by atoms with E-state index in [-0.39, 0.29) is 11.0 Å². The van der Waals surface area contributed by atoms with Gasteiger partial charge in [0.05, 0.1) is 0 Å². The first kappa shape index (κ1) is 15.1. The van der Waals surface area contributed by atoms with E-state index in [0.717, 1.165) is 13.0 Å². The molecule has 0 aliphatic heterocycles. The van der Waals surface area contributed by atoms with Crippen molar-refractivity contribution < 1.29 is 0 Å². The quantitative estimate of drug-likeness (QED) is 0.881. The third-order valence-electron chi connectivity index (χ3n) is 4.03. The lowest BCUT2D eigenvalue weighted by atomic mass is 9.81. The highest BCUT2D eigenvalue weighted by Crippen LogP contribution is 2.33. The van der Waals surface area contributed by atoms with Crippen molar-refractivity contribution in [2.45, 2.75) is 52.0 Å². The van der Waals surface area contributed by atoms with Crippen LogP contribution in [0.15, 0.2) is 30.5 Å². The molecule has 0 bridgehead atoms. The highest BCUT2D eigenvalue weighted by Gasteiger charge is 2.25. The number of nitrogens with one attached hydrogen (secondary N) is 1. The maximum absolute atomic E-state index is 3.60. The minimum Gasteiger partial charge on any atom is -0.350 e. The number of aryl methyl sites for hydroxylation is 1. The Bertz CT molecular complexity index is 585. The molecule has 0 saturated heterocycles. The molecule has 0 fully saturated rings. The molecule has 20 heavy (non-hydrogen) atoms. The zero-order valence-corrected chi connectivity index (χ0v) is 13.7. The van der Waals surface area contributed by atoms with Gasteiger partial charge in [-0.05, 0) is 50.8 Å². The van der Waals surface area contributed by atoms with Crippen molar-refractivity contribution in [2.24, 2.45) is 7.05 Å². The van der Waals surface area contributed by atoms with Crippen LogP contribution in [-0.2, 0) is 12.5 Å². The first-order chi connectivity index (χ1) is 9.21. The molecule has 0 aliphatic rings. The van der Waals surface area contributed by atoms with Gasteiger partial charge in [0.15, 0.2) is 0 Å². The van der Waals surface area contributed by atoms with E-state index in [1.165, 1.54) is 16.5 Å². The fourth-order valence-corrected chi connectivity index (χ4v) is 2.77. The molecular formula is C18H28N2. The molecule has 0 spiro atoms. The predicted octanol–water partition coefficient (Wildman–Crippen LogP) is 4.23. The van der Waals surface area contributed by atoms with E-state index in [9.17, 15) is 0 Å². The smallest absolute Gasteiger partial charge is 0.0480 e. The second kappa shape index (κ2) is 5.25. The van der Waals surface area contributed by atoms with Crippen molar-refractivity contribution in [3.05, 3.63) is 36.0 Å². The molecule has 0 unspecified atom stereocenters. The fraction of sp³-hybridized carbons (Fsp3) is 0.556. The summed E-state index contributed by atoms with van der Waals surface area (Å²) in [5.74, 6) is 0. The Labute approximate surface area is 123 Å². The Hall–Kier alpha value is -1.28. The Morgan fingerprint density at radius 3 is 2.35 bits per heavy atom. The first-order valence-corrected chi connectivity index (χ1v) is 7.50. The second-order valence-corrected chi connectivity index (χ2v) is 7.48. The summed E-state index contributed by atoms with van der Waals surface area (Å²) in [6.45, 7) is 12.4. The fourth-order valence-electron chi connectivity index (χ4n) is 2.77. The number of benzene rings is 1. The van der Waals surface area contributed by atoms with Crippen molar-refractivity contribution in [1.82, 2.24) is 9.88 Å². The van der Waals surface area contributed by atoms with Crippen LogP contribution < -0.4 is 5.32 Å². The highest BCUT2D eigenvalue weighted by molar-refractivity contribution is 5.84. The lowest BCUT2D eigenvalue weighted by Crippen LogP contribution is -2.38. The van der Waals surface area contributed by atoms with Gasteiger partial charge in [0.25, 0.3) is 0 Å². The van der Waals surface area contributed by atoms with Crippen molar-refractivity contribution in [1.29, 1.82) is 0 Å². The lowest BCUT2D eigenvalue weighted by molar-refractivity contribution is 0.380. The summed E-state index contributed by atoms with van der Waals surface area (Å²) in [7, 11) is 2.13. The van der Waals surface area contributed by atoms with Crippen LogP contribution in [0.3, 0.4) is 0 Å². The molecule has 2 rings (SSSR count). The molecule has 1 heterocycles. The zero-order valence-electron chi connectivity index (χ0n) is 13.7. The summed E-state index contributed by atoms with van der Waals surface area (Å²) in [4.78, 5) is 0. The largest absolute Gasteiger partial charge is 0.350 e. The molecule has 1 N–H and O–H groups in total. The van der Waals surface area contributed by atoms with Crippen LogP contribution in [-0.4, -0.2) is 16.7 Å². The average Bonchev–Trinajstić information content (AvgIpc) is 2.66. The number of nitrogens with zero attached hydrogens (tertiary/aromatic N) is 1. The van der Waals surface area contributed by atoms with Crippen LogP contribution in [0.4, 0.5) is 0 Å². The molecule has 110 valence electrons. The average molecular weight is 272 g/mol. The Balaban J connectivity index is 2.23. The zero-order chi connectivity index (χ0) is 15.0. The molecule has 1 aromatic carbocycles.